The molecule has 0 spiro atoms. The van der Waals surface area contributed by atoms with Gasteiger partial charge in [-0.1, -0.05) is 26.0 Å². The minimum atomic E-state index is -0.207. The molecule has 2 atom stereocenters. The van der Waals surface area contributed by atoms with E-state index in [1.54, 1.807) is 22.9 Å². The molecule has 1 aromatic heterocycles. The predicted molar refractivity (Wildman–Crippen MR) is 112 cm³/mol. The Bertz CT molecular complexity index is 820. The smallest absolute Gasteiger partial charge is 0.253 e. The van der Waals surface area contributed by atoms with Gasteiger partial charge in [0.2, 0.25) is 5.91 Å². The number of nitrogens with zero attached hydrogens (tertiary/aromatic N) is 2. The molecule has 0 radical (unpaired) electrons. The first kappa shape index (κ1) is 21.9. The second-order valence-electron chi connectivity index (χ2n) is 7.46. The molecule has 0 saturated carbocycles. The lowest BCUT2D eigenvalue weighted by atomic mass is 9.90. The topological polar surface area (TPSA) is 88.1 Å². The molecule has 2 aromatic rings. The Morgan fingerprint density at radius 1 is 1.29 bits per heavy atom. The molecule has 8 heteroatoms. The number of aromatic nitrogens is 2. The number of halogens is 1. The van der Waals surface area contributed by atoms with E-state index in [9.17, 15) is 9.59 Å². The average molecular weight is 406 g/mol. The van der Waals surface area contributed by atoms with Crippen LogP contribution < -0.4 is 16.0 Å². The first-order valence-corrected chi connectivity index (χ1v) is 9.33. The van der Waals surface area contributed by atoms with Crippen LogP contribution in [0.4, 0.5) is 5.69 Å². The highest BCUT2D eigenvalue weighted by atomic mass is 35.5. The van der Waals surface area contributed by atoms with Gasteiger partial charge in [-0.25, -0.2) is 0 Å². The third-order valence-electron chi connectivity index (χ3n) is 4.80. The number of carbonyl (C=O) groups is 2. The van der Waals surface area contributed by atoms with Crippen molar-refractivity contribution in [2.75, 3.05) is 25.0 Å². The van der Waals surface area contributed by atoms with Gasteiger partial charge in [0.1, 0.15) is 0 Å². The molecular weight excluding hydrogens is 378 g/mol. The molecule has 7 nitrogen and oxygen atoms in total. The maximum atomic E-state index is 12.9. The first-order chi connectivity index (χ1) is 13.0. The van der Waals surface area contributed by atoms with Gasteiger partial charge in [0.25, 0.3) is 5.91 Å². The van der Waals surface area contributed by atoms with E-state index >= 15 is 0 Å². The fourth-order valence-corrected chi connectivity index (χ4v) is 3.34. The van der Waals surface area contributed by atoms with Crippen LogP contribution in [0.15, 0.2) is 36.7 Å². The Kier molecular flexibility index (Phi) is 7.60. The summed E-state index contributed by atoms with van der Waals surface area (Å²) in [6, 6.07) is 7.12. The van der Waals surface area contributed by atoms with Gasteiger partial charge in [0.15, 0.2) is 0 Å². The van der Waals surface area contributed by atoms with Crippen molar-refractivity contribution in [2.24, 2.45) is 18.9 Å². The third-order valence-corrected chi connectivity index (χ3v) is 4.80. The molecule has 1 aromatic carbocycles. The molecule has 0 aliphatic carbocycles. The Labute approximate surface area is 171 Å². The minimum Gasteiger partial charge on any atom is -0.352 e. The van der Waals surface area contributed by atoms with E-state index in [1.807, 2.05) is 39.4 Å². The molecule has 2 amide bonds. The molecular formula is C20H28ClN5O2. The van der Waals surface area contributed by atoms with Gasteiger partial charge in [0, 0.05) is 38.8 Å². The van der Waals surface area contributed by atoms with Gasteiger partial charge in [-0.2, -0.15) is 5.10 Å². The minimum absolute atomic E-state index is 0. The number of hydrogen-bond acceptors (Lipinski definition) is 4. The largest absolute Gasteiger partial charge is 0.352 e. The summed E-state index contributed by atoms with van der Waals surface area (Å²) in [5.74, 6) is -0.0342. The summed E-state index contributed by atoms with van der Waals surface area (Å²) >= 11 is 0. The number of rotatable bonds is 6. The van der Waals surface area contributed by atoms with Crippen molar-refractivity contribution >= 4 is 29.9 Å². The molecule has 152 valence electrons. The van der Waals surface area contributed by atoms with E-state index in [4.69, 9.17) is 0 Å². The Morgan fingerprint density at radius 2 is 2.04 bits per heavy atom. The molecule has 1 saturated heterocycles. The number of aryl methyl sites for hydroxylation is 1. The summed E-state index contributed by atoms with van der Waals surface area (Å²) in [4.78, 5) is 25.4. The summed E-state index contributed by atoms with van der Waals surface area (Å²) in [6.07, 6.45) is 3.76. The summed E-state index contributed by atoms with van der Waals surface area (Å²) in [6.45, 7) is 6.02. The van der Waals surface area contributed by atoms with Crippen LogP contribution in [0.25, 0.3) is 0 Å². The van der Waals surface area contributed by atoms with Gasteiger partial charge in [0.05, 0.1) is 23.4 Å². The van der Waals surface area contributed by atoms with E-state index in [2.05, 4.69) is 21.0 Å². The predicted octanol–water partition coefficient (Wildman–Crippen LogP) is 2.17. The second kappa shape index (κ2) is 9.71. The van der Waals surface area contributed by atoms with Gasteiger partial charge in [-0.15, -0.1) is 12.4 Å². The van der Waals surface area contributed by atoms with Crippen molar-refractivity contribution in [3.8, 4) is 0 Å². The molecule has 3 N–H and O–H groups in total. The number of hydrogen-bond donors (Lipinski definition) is 3. The van der Waals surface area contributed by atoms with Gasteiger partial charge >= 0.3 is 0 Å². The van der Waals surface area contributed by atoms with Crippen molar-refractivity contribution < 1.29 is 9.59 Å². The number of anilines is 1. The standard InChI is InChI=1S/C20H27N5O2.ClH/c1-13(2)8-22-19(26)15-6-4-5-7-18(15)24-20(27)17-11-21-10-16(17)14-9-23-25(3)12-14;/h4-7,9,12-13,16-17,21H,8,10-11H2,1-3H3,(H,22,26)(H,24,27);1H/t16-,17+;/m1./s1. The fraction of sp³-hybridized carbons (Fsp3) is 0.450. The lowest BCUT2D eigenvalue weighted by Gasteiger charge is -2.18. The van der Waals surface area contributed by atoms with Gasteiger partial charge in [-0.3, -0.25) is 14.3 Å². The second-order valence-corrected chi connectivity index (χ2v) is 7.46. The molecule has 0 unspecified atom stereocenters. The summed E-state index contributed by atoms with van der Waals surface area (Å²) in [7, 11) is 1.87. The zero-order chi connectivity index (χ0) is 19.4. The lowest BCUT2D eigenvalue weighted by Crippen LogP contribution is -2.31. The third kappa shape index (κ3) is 5.11. The fourth-order valence-electron chi connectivity index (χ4n) is 3.34. The lowest BCUT2D eigenvalue weighted by molar-refractivity contribution is -0.119. The highest BCUT2D eigenvalue weighted by molar-refractivity contribution is 6.04. The van der Waals surface area contributed by atoms with Crippen LogP contribution in [0.3, 0.4) is 0 Å². The van der Waals surface area contributed by atoms with Crippen LogP contribution in [0.5, 0.6) is 0 Å². The van der Waals surface area contributed by atoms with Crippen LogP contribution >= 0.6 is 12.4 Å². The maximum Gasteiger partial charge on any atom is 0.253 e. The van der Waals surface area contributed by atoms with E-state index in [0.29, 0.717) is 30.3 Å². The summed E-state index contributed by atoms with van der Waals surface area (Å²) in [5, 5.41) is 13.4. The van der Waals surface area contributed by atoms with E-state index in [-0.39, 0.29) is 36.1 Å². The summed E-state index contributed by atoms with van der Waals surface area (Å²) in [5.41, 5.74) is 2.07. The van der Waals surface area contributed by atoms with Crippen molar-refractivity contribution in [3.63, 3.8) is 0 Å². The average Bonchev–Trinajstić information content (AvgIpc) is 3.28. The Balaban J connectivity index is 0.00000280. The maximum absolute atomic E-state index is 12.9. The molecule has 1 aliphatic heterocycles. The molecule has 1 aliphatic rings. The van der Waals surface area contributed by atoms with E-state index in [0.717, 1.165) is 12.1 Å². The SMILES string of the molecule is CC(C)CNC(=O)c1ccccc1NC(=O)[C@H]1CNC[C@@H]1c1cnn(C)c1.Cl. The zero-order valence-electron chi connectivity index (χ0n) is 16.4. The van der Waals surface area contributed by atoms with Gasteiger partial charge in [-0.05, 0) is 23.6 Å². The monoisotopic (exact) mass is 405 g/mol. The number of benzene rings is 1. The number of para-hydroxylation sites is 1. The molecule has 28 heavy (non-hydrogen) atoms. The molecule has 3 rings (SSSR count). The van der Waals surface area contributed by atoms with Crippen LogP contribution in [0.1, 0.15) is 35.7 Å². The van der Waals surface area contributed by atoms with E-state index in [1.165, 1.54) is 0 Å². The van der Waals surface area contributed by atoms with Crippen LogP contribution in [-0.4, -0.2) is 41.2 Å². The molecule has 1 fully saturated rings. The number of nitrogens with one attached hydrogen (secondary N) is 3. The normalized spacial score (nSPS) is 18.6. The number of carbonyl (C=O) groups excluding carboxylic acids is 2. The van der Waals surface area contributed by atoms with Crippen molar-refractivity contribution in [3.05, 3.63) is 47.8 Å². The van der Waals surface area contributed by atoms with Gasteiger partial charge < -0.3 is 16.0 Å². The first-order valence-electron chi connectivity index (χ1n) is 9.33. The van der Waals surface area contributed by atoms with Crippen molar-refractivity contribution in [2.45, 2.75) is 19.8 Å². The Morgan fingerprint density at radius 3 is 2.71 bits per heavy atom. The highest BCUT2D eigenvalue weighted by Crippen LogP contribution is 2.29. The molecule has 2 heterocycles. The summed E-state index contributed by atoms with van der Waals surface area (Å²) < 4.78 is 1.75. The van der Waals surface area contributed by atoms with Crippen molar-refractivity contribution in [1.82, 2.24) is 20.4 Å². The molecule has 0 bridgehead atoms. The number of amides is 2. The van der Waals surface area contributed by atoms with Crippen molar-refractivity contribution in [1.29, 1.82) is 0 Å². The van der Waals surface area contributed by atoms with E-state index < -0.39 is 0 Å². The van der Waals surface area contributed by atoms with Crippen LogP contribution in [-0.2, 0) is 11.8 Å². The highest BCUT2D eigenvalue weighted by Gasteiger charge is 2.35. The van der Waals surface area contributed by atoms with Crippen LogP contribution in [0, 0.1) is 11.8 Å². The Hall–Kier alpha value is -2.38. The quantitative estimate of drug-likeness (QED) is 0.687. The zero-order valence-corrected chi connectivity index (χ0v) is 17.3. The van der Waals surface area contributed by atoms with Crippen LogP contribution in [0.2, 0.25) is 0 Å².